The molecule has 144 valence electrons. The van der Waals surface area contributed by atoms with Crippen molar-refractivity contribution in [1.82, 2.24) is 14.9 Å². The molecule has 3 heterocycles. The summed E-state index contributed by atoms with van der Waals surface area (Å²) in [6.45, 7) is 3.90. The molecule has 27 heavy (non-hydrogen) atoms. The lowest BCUT2D eigenvalue weighted by Crippen LogP contribution is -2.45. The summed E-state index contributed by atoms with van der Waals surface area (Å²) in [6.07, 6.45) is 10.2. The number of amides is 1. The topological polar surface area (TPSA) is 46.1 Å². The second-order valence-electron chi connectivity index (χ2n) is 8.34. The molecular formula is C21H27N3OS2. The SMILES string of the molecule is Cc1nc(SCC(=O)N2CC[C@@H]3CCCC[C@@H]3C2)c2c3c(sc2n1)CCC3. The van der Waals surface area contributed by atoms with Crippen molar-refractivity contribution in [2.75, 3.05) is 18.8 Å². The van der Waals surface area contributed by atoms with E-state index in [4.69, 9.17) is 4.98 Å². The Bertz CT molecular complexity index is 878. The fourth-order valence-corrected chi connectivity index (χ4v) is 7.59. The summed E-state index contributed by atoms with van der Waals surface area (Å²) >= 11 is 3.46. The molecule has 6 heteroatoms. The van der Waals surface area contributed by atoms with Crippen molar-refractivity contribution in [3.05, 3.63) is 16.3 Å². The van der Waals surface area contributed by atoms with Gasteiger partial charge in [0.2, 0.25) is 5.91 Å². The van der Waals surface area contributed by atoms with Crippen LogP contribution in [0.25, 0.3) is 10.2 Å². The summed E-state index contributed by atoms with van der Waals surface area (Å²) in [5.41, 5.74) is 1.45. The van der Waals surface area contributed by atoms with E-state index < -0.39 is 0 Å². The Kier molecular flexibility index (Phi) is 4.88. The zero-order chi connectivity index (χ0) is 18.4. The first-order valence-corrected chi connectivity index (χ1v) is 12.2. The molecule has 1 amide bonds. The van der Waals surface area contributed by atoms with Gasteiger partial charge in [-0.1, -0.05) is 31.0 Å². The van der Waals surface area contributed by atoms with Crippen LogP contribution in [0.1, 0.15) is 54.8 Å². The molecule has 0 N–H and O–H groups in total. The van der Waals surface area contributed by atoms with E-state index in [1.807, 2.05) is 18.3 Å². The molecule has 2 aliphatic carbocycles. The Labute approximate surface area is 169 Å². The molecule has 0 spiro atoms. The highest BCUT2D eigenvalue weighted by Crippen LogP contribution is 2.41. The van der Waals surface area contributed by atoms with E-state index in [-0.39, 0.29) is 0 Å². The van der Waals surface area contributed by atoms with Crippen molar-refractivity contribution in [1.29, 1.82) is 0 Å². The lowest BCUT2D eigenvalue weighted by molar-refractivity contribution is -0.131. The predicted molar refractivity (Wildman–Crippen MR) is 112 cm³/mol. The van der Waals surface area contributed by atoms with E-state index in [0.717, 1.165) is 47.0 Å². The summed E-state index contributed by atoms with van der Waals surface area (Å²) in [5, 5.41) is 2.26. The maximum absolute atomic E-state index is 12.9. The minimum Gasteiger partial charge on any atom is -0.342 e. The van der Waals surface area contributed by atoms with Crippen molar-refractivity contribution in [3.8, 4) is 0 Å². The van der Waals surface area contributed by atoms with Crippen molar-refractivity contribution >= 4 is 39.2 Å². The van der Waals surface area contributed by atoms with Gasteiger partial charge >= 0.3 is 0 Å². The number of rotatable bonds is 3. The summed E-state index contributed by atoms with van der Waals surface area (Å²) in [4.78, 5) is 27.0. The Morgan fingerprint density at radius 1 is 1.15 bits per heavy atom. The molecule has 0 unspecified atom stereocenters. The minimum atomic E-state index is 0.292. The Morgan fingerprint density at radius 2 is 2.00 bits per heavy atom. The predicted octanol–water partition coefficient (Wildman–Crippen LogP) is 4.62. The summed E-state index contributed by atoms with van der Waals surface area (Å²) in [7, 11) is 0. The van der Waals surface area contributed by atoms with Crippen molar-refractivity contribution < 1.29 is 4.79 Å². The summed E-state index contributed by atoms with van der Waals surface area (Å²) in [5.74, 6) is 3.23. The van der Waals surface area contributed by atoms with E-state index in [2.05, 4.69) is 9.88 Å². The highest BCUT2D eigenvalue weighted by Gasteiger charge is 2.33. The number of fused-ring (bicyclic) bond motifs is 4. The quantitative estimate of drug-likeness (QED) is 0.556. The van der Waals surface area contributed by atoms with E-state index in [1.54, 1.807) is 11.8 Å². The average molecular weight is 402 g/mol. The van der Waals surface area contributed by atoms with Gasteiger partial charge < -0.3 is 4.90 Å². The molecule has 0 aromatic carbocycles. The van der Waals surface area contributed by atoms with Gasteiger partial charge in [-0.15, -0.1) is 11.3 Å². The first-order chi connectivity index (χ1) is 13.2. The normalized spacial score (nSPS) is 24.9. The summed E-state index contributed by atoms with van der Waals surface area (Å²) < 4.78 is 0. The van der Waals surface area contributed by atoms with E-state index in [1.165, 1.54) is 60.8 Å². The third-order valence-electron chi connectivity index (χ3n) is 6.62. The third kappa shape index (κ3) is 3.39. The minimum absolute atomic E-state index is 0.292. The molecule has 2 atom stereocenters. The van der Waals surface area contributed by atoms with Crippen LogP contribution in [0.2, 0.25) is 0 Å². The maximum atomic E-state index is 12.9. The van der Waals surface area contributed by atoms with Crippen LogP contribution in [0, 0.1) is 18.8 Å². The highest BCUT2D eigenvalue weighted by atomic mass is 32.2. The van der Waals surface area contributed by atoms with Crippen LogP contribution in [0.3, 0.4) is 0 Å². The molecular weight excluding hydrogens is 374 g/mol. The molecule has 1 aliphatic heterocycles. The maximum Gasteiger partial charge on any atom is 0.232 e. The van der Waals surface area contributed by atoms with Gasteiger partial charge in [0.1, 0.15) is 15.7 Å². The van der Waals surface area contributed by atoms with Crippen LogP contribution in [0.4, 0.5) is 0 Å². The molecule has 4 nitrogen and oxygen atoms in total. The van der Waals surface area contributed by atoms with Gasteiger partial charge in [-0.3, -0.25) is 4.79 Å². The first kappa shape index (κ1) is 17.9. The van der Waals surface area contributed by atoms with Gasteiger partial charge in [0, 0.05) is 23.4 Å². The molecule has 2 aromatic heterocycles. The standard InChI is InChI=1S/C21H27N3OS2/c1-13-22-20(19-16-7-4-8-17(16)27-21(19)23-13)26-12-18(25)24-10-9-14-5-2-3-6-15(14)11-24/h14-15H,2-12H2,1H3/t14-,15+/m0/s1. The number of nitrogens with zero attached hydrogens (tertiary/aromatic N) is 3. The number of hydrogen-bond acceptors (Lipinski definition) is 5. The van der Waals surface area contributed by atoms with Gasteiger partial charge in [0.15, 0.2) is 0 Å². The second kappa shape index (κ2) is 7.36. The lowest BCUT2D eigenvalue weighted by atomic mass is 9.75. The fraction of sp³-hybridized carbons (Fsp3) is 0.667. The van der Waals surface area contributed by atoms with E-state index >= 15 is 0 Å². The van der Waals surface area contributed by atoms with Gasteiger partial charge in [0.25, 0.3) is 0 Å². The lowest BCUT2D eigenvalue weighted by Gasteiger charge is -2.41. The Balaban J connectivity index is 1.31. The zero-order valence-corrected chi connectivity index (χ0v) is 17.6. The highest BCUT2D eigenvalue weighted by molar-refractivity contribution is 8.00. The second-order valence-corrected chi connectivity index (χ2v) is 10.4. The number of aryl methyl sites for hydroxylation is 3. The smallest absolute Gasteiger partial charge is 0.232 e. The van der Waals surface area contributed by atoms with Crippen LogP contribution in [-0.2, 0) is 17.6 Å². The van der Waals surface area contributed by atoms with Gasteiger partial charge in [-0.05, 0) is 56.4 Å². The first-order valence-electron chi connectivity index (χ1n) is 10.4. The van der Waals surface area contributed by atoms with Crippen LogP contribution >= 0.6 is 23.1 Å². The largest absolute Gasteiger partial charge is 0.342 e. The Morgan fingerprint density at radius 3 is 2.89 bits per heavy atom. The monoisotopic (exact) mass is 401 g/mol. The van der Waals surface area contributed by atoms with Crippen LogP contribution in [-0.4, -0.2) is 39.6 Å². The van der Waals surface area contributed by atoms with Gasteiger partial charge in [-0.2, -0.15) is 0 Å². The van der Waals surface area contributed by atoms with Crippen molar-refractivity contribution in [2.45, 2.75) is 63.3 Å². The molecule has 0 bridgehead atoms. The number of carbonyl (C=O) groups excluding carboxylic acids is 1. The van der Waals surface area contributed by atoms with Crippen LogP contribution < -0.4 is 0 Å². The number of thiophene rings is 1. The zero-order valence-electron chi connectivity index (χ0n) is 16.0. The summed E-state index contributed by atoms with van der Waals surface area (Å²) in [6, 6.07) is 0. The van der Waals surface area contributed by atoms with Crippen LogP contribution in [0.15, 0.2) is 5.03 Å². The van der Waals surface area contributed by atoms with Crippen molar-refractivity contribution in [2.24, 2.45) is 11.8 Å². The Hall–Kier alpha value is -1.14. The number of piperidine rings is 1. The number of carbonyl (C=O) groups is 1. The van der Waals surface area contributed by atoms with E-state index in [0.29, 0.717) is 11.7 Å². The molecule has 2 aromatic rings. The van der Waals surface area contributed by atoms with Gasteiger partial charge in [0.05, 0.1) is 5.75 Å². The number of thioether (sulfide) groups is 1. The van der Waals surface area contributed by atoms with E-state index in [9.17, 15) is 4.79 Å². The van der Waals surface area contributed by atoms with Gasteiger partial charge in [-0.25, -0.2) is 9.97 Å². The van der Waals surface area contributed by atoms with Crippen molar-refractivity contribution in [3.63, 3.8) is 0 Å². The molecule has 1 saturated carbocycles. The fourth-order valence-electron chi connectivity index (χ4n) is 5.22. The third-order valence-corrected chi connectivity index (χ3v) is 8.77. The number of likely N-dealkylation sites (tertiary alicyclic amines) is 1. The molecule has 0 radical (unpaired) electrons. The molecule has 3 aliphatic rings. The van der Waals surface area contributed by atoms with Crippen LogP contribution in [0.5, 0.6) is 0 Å². The molecule has 5 rings (SSSR count). The number of aromatic nitrogens is 2. The molecule has 2 fully saturated rings. The number of hydrogen-bond donors (Lipinski definition) is 0. The molecule has 1 saturated heterocycles. The average Bonchev–Trinajstić information content (AvgIpc) is 3.26.